The van der Waals surface area contributed by atoms with E-state index >= 15 is 0 Å². The molecule has 1 aliphatic carbocycles. The molecule has 3 aliphatic heterocycles. The van der Waals surface area contributed by atoms with Gasteiger partial charge in [0.2, 0.25) is 0 Å². The summed E-state index contributed by atoms with van der Waals surface area (Å²) in [6.07, 6.45) is 4.83. The molecule has 0 radical (unpaired) electrons. The van der Waals surface area contributed by atoms with Crippen LogP contribution in [0.3, 0.4) is 0 Å². The Balaban J connectivity index is 1.13. The minimum Gasteiger partial charge on any atom is -0.334 e. The number of nitrogens with zero attached hydrogens (tertiary/aromatic N) is 3. The number of fused-ring (bicyclic) bond motifs is 10. The van der Waals surface area contributed by atoms with Gasteiger partial charge in [0, 0.05) is 60.6 Å². The molecule has 8 aromatic carbocycles. The normalized spacial score (nSPS) is 19.1. The minimum absolute atomic E-state index is 0.00566. The van der Waals surface area contributed by atoms with Gasteiger partial charge >= 0.3 is 0 Å². The van der Waals surface area contributed by atoms with Gasteiger partial charge in [0.25, 0.3) is 6.71 Å². The van der Waals surface area contributed by atoms with Gasteiger partial charge in [-0.2, -0.15) is 0 Å². The van der Waals surface area contributed by atoms with E-state index < -0.39 is 0 Å². The first kappa shape index (κ1) is 47.2. The maximum atomic E-state index is 2.80. The van der Waals surface area contributed by atoms with Crippen molar-refractivity contribution in [2.24, 2.45) is 0 Å². The predicted molar refractivity (Wildman–Crippen MR) is 322 cm³/mol. The molecule has 0 amide bonds. The summed E-state index contributed by atoms with van der Waals surface area (Å²) in [6.45, 7) is 28.7. The number of anilines is 8. The highest BCUT2D eigenvalue weighted by atomic mass is 32.1. The number of hydrogen-bond donors (Lipinski definition) is 0. The molecule has 0 saturated heterocycles. The van der Waals surface area contributed by atoms with E-state index in [1.165, 1.54) is 140 Å². The molecule has 13 rings (SSSR count). The van der Waals surface area contributed by atoms with Crippen molar-refractivity contribution in [3.8, 4) is 11.1 Å². The average Bonchev–Trinajstić information content (AvgIpc) is 3.86. The Bertz CT molecular complexity index is 3770. The maximum absolute atomic E-state index is 2.80. The topological polar surface area (TPSA) is 9.72 Å². The maximum Gasteiger partial charge on any atom is 0.252 e. The summed E-state index contributed by atoms with van der Waals surface area (Å²) in [5.74, 6) is 0. The summed E-state index contributed by atoms with van der Waals surface area (Å²) in [5.41, 5.74) is 23.4. The molecule has 0 bridgehead atoms. The molecule has 0 spiro atoms. The number of rotatable bonds is 4. The van der Waals surface area contributed by atoms with Gasteiger partial charge in [-0.1, -0.05) is 179 Å². The second-order valence-corrected chi connectivity index (χ2v) is 26.9. The van der Waals surface area contributed by atoms with Crippen molar-refractivity contribution in [2.45, 2.75) is 136 Å². The van der Waals surface area contributed by atoms with Crippen molar-refractivity contribution in [3.63, 3.8) is 0 Å². The Morgan fingerprint density at radius 1 is 0.486 bits per heavy atom. The van der Waals surface area contributed by atoms with Gasteiger partial charge < -0.3 is 14.7 Å². The van der Waals surface area contributed by atoms with Gasteiger partial charge in [-0.05, 0) is 153 Å². The first-order chi connectivity index (χ1) is 35.2. The van der Waals surface area contributed by atoms with Gasteiger partial charge in [-0.3, -0.25) is 0 Å². The molecule has 1 aromatic heterocycles. The van der Waals surface area contributed by atoms with E-state index in [-0.39, 0.29) is 33.9 Å². The van der Waals surface area contributed by atoms with Crippen LogP contribution in [0.5, 0.6) is 0 Å². The van der Waals surface area contributed by atoms with Crippen LogP contribution in [0.25, 0.3) is 31.3 Å². The van der Waals surface area contributed by atoms with Gasteiger partial charge in [-0.25, -0.2) is 0 Å². The molecule has 1 fully saturated rings. The minimum atomic E-state index is -0.101. The van der Waals surface area contributed by atoms with E-state index in [1.54, 1.807) is 0 Å². The Hall–Kier alpha value is -6.56. The molecule has 0 N–H and O–H groups in total. The van der Waals surface area contributed by atoms with Gasteiger partial charge in [0.15, 0.2) is 0 Å². The van der Waals surface area contributed by atoms with E-state index in [4.69, 9.17) is 0 Å². The average molecular weight is 984 g/mol. The van der Waals surface area contributed by atoms with Gasteiger partial charge in [0.05, 0.1) is 21.6 Å². The van der Waals surface area contributed by atoms with E-state index in [0.717, 1.165) is 6.42 Å². The fraction of sp³-hybridized carbons (Fsp3) is 0.304. The lowest BCUT2D eigenvalue weighted by Gasteiger charge is -2.51. The molecule has 74 heavy (non-hydrogen) atoms. The predicted octanol–water partition coefficient (Wildman–Crippen LogP) is 17.7. The molecular formula is C69H70BN3S. The molecule has 2 unspecified atom stereocenters. The summed E-state index contributed by atoms with van der Waals surface area (Å²) in [4.78, 5) is 8.12. The quantitative estimate of drug-likeness (QED) is 0.163. The van der Waals surface area contributed by atoms with Crippen LogP contribution in [-0.2, 0) is 21.7 Å². The fourth-order valence-electron chi connectivity index (χ4n) is 13.8. The SMILES string of the molecule is Cc1cc2c3c(c1)N(c1cccc4c1sc1ccccc14)c1ccc(C(C)(C)C)cc1B3c1ccc(N3c4ccc(C(C)(C)C)cc4C4(C)CCCCC34C)cc1N2c1ccc(C(C)(C)C)cc1-c1ccccc1. The molecule has 9 aromatic rings. The Morgan fingerprint density at radius 2 is 1.09 bits per heavy atom. The summed E-state index contributed by atoms with van der Waals surface area (Å²) in [7, 11) is 0. The Morgan fingerprint density at radius 3 is 1.81 bits per heavy atom. The number of hydrogen-bond acceptors (Lipinski definition) is 4. The summed E-state index contributed by atoms with van der Waals surface area (Å²) < 4.78 is 2.64. The lowest BCUT2D eigenvalue weighted by atomic mass is 9.33. The van der Waals surface area contributed by atoms with E-state index in [2.05, 4.69) is 256 Å². The first-order valence-corrected chi connectivity index (χ1v) is 28.1. The third-order valence-electron chi connectivity index (χ3n) is 18.1. The standard InChI is InChI=1S/C69H70BN3S/c1-43-37-60-63-61(38-43)72(58-25-20-24-50-49-23-16-17-26-62(49)74-64(50)58)57-34-29-47(67(8,9)10)41-54(57)70(63)53-31-30-48(73-56-33-28-46(66(5,6)7)40-52(56)68(11)35-18-19-36-69(68,73)12)42-59(53)71(60)55-32-27-45(65(2,3)4)39-51(55)44-21-14-13-15-22-44/h13-17,20-34,37-42H,18-19,35-36H2,1-12H3. The van der Waals surface area contributed by atoms with Crippen molar-refractivity contribution in [1.29, 1.82) is 0 Å². The van der Waals surface area contributed by atoms with Crippen molar-refractivity contribution < 1.29 is 0 Å². The second-order valence-electron chi connectivity index (χ2n) is 25.8. The number of aryl methyl sites for hydroxylation is 1. The van der Waals surface area contributed by atoms with Gasteiger partial charge in [0.1, 0.15) is 0 Å². The van der Waals surface area contributed by atoms with E-state index in [1.807, 2.05) is 11.3 Å². The smallest absolute Gasteiger partial charge is 0.252 e. The van der Waals surface area contributed by atoms with Crippen LogP contribution in [0.1, 0.15) is 130 Å². The Labute approximate surface area is 445 Å². The zero-order valence-electron chi connectivity index (χ0n) is 45.7. The van der Waals surface area contributed by atoms with Gasteiger partial charge in [-0.15, -0.1) is 11.3 Å². The molecular weight excluding hydrogens is 914 g/mol. The van der Waals surface area contributed by atoms with Crippen LogP contribution in [0, 0.1) is 6.92 Å². The van der Waals surface area contributed by atoms with E-state index in [9.17, 15) is 0 Å². The van der Waals surface area contributed by atoms with Crippen LogP contribution < -0.4 is 31.1 Å². The summed E-state index contributed by atoms with van der Waals surface area (Å²) >= 11 is 1.92. The molecule has 4 heterocycles. The third-order valence-corrected chi connectivity index (χ3v) is 19.3. The lowest BCUT2D eigenvalue weighted by molar-refractivity contribution is 0.195. The highest BCUT2D eigenvalue weighted by molar-refractivity contribution is 7.26. The molecule has 3 nitrogen and oxygen atoms in total. The monoisotopic (exact) mass is 984 g/mol. The molecule has 2 atom stereocenters. The van der Waals surface area contributed by atoms with Crippen molar-refractivity contribution in [1.82, 2.24) is 0 Å². The lowest BCUT2D eigenvalue weighted by Crippen LogP contribution is -2.61. The van der Waals surface area contributed by atoms with Crippen LogP contribution in [-0.4, -0.2) is 12.3 Å². The Kier molecular flexibility index (Phi) is 10.3. The number of benzene rings is 8. The first-order valence-electron chi connectivity index (χ1n) is 27.3. The largest absolute Gasteiger partial charge is 0.334 e. The highest BCUT2D eigenvalue weighted by Crippen LogP contribution is 2.62. The van der Waals surface area contributed by atoms with Crippen molar-refractivity contribution >= 4 is 100 Å². The zero-order valence-corrected chi connectivity index (χ0v) is 46.5. The summed E-state index contributed by atoms with van der Waals surface area (Å²) in [5, 5.41) is 2.63. The zero-order chi connectivity index (χ0) is 51.4. The molecule has 4 aliphatic rings. The van der Waals surface area contributed by atoms with Crippen LogP contribution >= 0.6 is 11.3 Å². The fourth-order valence-corrected chi connectivity index (χ4v) is 15.0. The third kappa shape index (κ3) is 6.90. The summed E-state index contributed by atoms with van der Waals surface area (Å²) in [6, 6.07) is 61.9. The van der Waals surface area contributed by atoms with Crippen LogP contribution in [0.15, 0.2) is 158 Å². The van der Waals surface area contributed by atoms with Crippen molar-refractivity contribution in [2.75, 3.05) is 14.7 Å². The highest BCUT2D eigenvalue weighted by Gasteiger charge is 2.58. The second kappa shape index (κ2) is 16.2. The van der Waals surface area contributed by atoms with Crippen molar-refractivity contribution in [3.05, 3.63) is 186 Å². The van der Waals surface area contributed by atoms with E-state index in [0.29, 0.717) is 0 Å². The molecule has 1 saturated carbocycles. The van der Waals surface area contributed by atoms with Crippen LogP contribution in [0.2, 0.25) is 0 Å². The van der Waals surface area contributed by atoms with Crippen LogP contribution in [0.4, 0.5) is 45.5 Å². The molecule has 370 valence electrons. The molecule has 5 heteroatoms. The number of thiophene rings is 1.